The Balaban J connectivity index is 1.59. The lowest BCUT2D eigenvalue weighted by molar-refractivity contribution is -0.122. The first-order valence-electron chi connectivity index (χ1n) is 7.46. The first-order valence-corrected chi connectivity index (χ1v) is 7.46. The number of hydrogen-bond donors (Lipinski definition) is 3. The molecule has 2 heterocycles. The van der Waals surface area contributed by atoms with Crippen LogP contribution in [-0.2, 0) is 11.3 Å². The fraction of sp³-hybridized carbons (Fsp3) is 0.438. The molecule has 2 aromatic rings. The van der Waals surface area contributed by atoms with E-state index in [1.54, 1.807) is 0 Å². The number of hydrogen-bond acceptors (Lipinski definition) is 3. The third kappa shape index (κ3) is 2.94. The molecule has 1 aromatic carbocycles. The summed E-state index contributed by atoms with van der Waals surface area (Å²) in [7, 11) is 0. The molecule has 0 bridgehead atoms. The Labute approximate surface area is 124 Å². The summed E-state index contributed by atoms with van der Waals surface area (Å²) in [5.74, 6) is 0.0528. The lowest BCUT2D eigenvalue weighted by atomic mass is 10.2. The van der Waals surface area contributed by atoms with Crippen LogP contribution in [0.15, 0.2) is 30.3 Å². The van der Waals surface area contributed by atoms with E-state index >= 15 is 0 Å². The fourth-order valence-corrected chi connectivity index (χ4v) is 3.02. The molecule has 0 unspecified atom stereocenters. The van der Waals surface area contributed by atoms with Crippen molar-refractivity contribution < 1.29 is 4.79 Å². The quantitative estimate of drug-likeness (QED) is 0.777. The number of benzene rings is 1. The van der Waals surface area contributed by atoms with Crippen molar-refractivity contribution in [1.82, 2.24) is 15.2 Å². The van der Waals surface area contributed by atoms with E-state index in [1.807, 2.05) is 12.1 Å². The SMILES string of the molecule is Cc1cc2ccccc2n1CCNC(=O)[C@@H]1C[C@@H](N)CN1. The molecule has 1 aromatic heterocycles. The number of rotatable bonds is 4. The van der Waals surface area contributed by atoms with Crippen molar-refractivity contribution in [2.24, 2.45) is 5.73 Å². The normalized spacial score (nSPS) is 21.8. The molecule has 4 N–H and O–H groups in total. The number of nitrogens with zero attached hydrogens (tertiary/aromatic N) is 1. The molecule has 1 fully saturated rings. The summed E-state index contributed by atoms with van der Waals surface area (Å²) >= 11 is 0. The van der Waals surface area contributed by atoms with E-state index in [4.69, 9.17) is 5.73 Å². The minimum atomic E-state index is -0.137. The van der Waals surface area contributed by atoms with Gasteiger partial charge >= 0.3 is 0 Å². The van der Waals surface area contributed by atoms with Crippen molar-refractivity contribution in [1.29, 1.82) is 0 Å². The summed E-state index contributed by atoms with van der Waals surface area (Å²) in [5, 5.41) is 7.39. The highest BCUT2D eigenvalue weighted by molar-refractivity contribution is 5.82. The molecule has 0 spiro atoms. The highest BCUT2D eigenvalue weighted by Crippen LogP contribution is 2.18. The second-order valence-electron chi connectivity index (χ2n) is 5.74. The zero-order valence-corrected chi connectivity index (χ0v) is 12.3. The van der Waals surface area contributed by atoms with Crippen LogP contribution in [0.25, 0.3) is 10.9 Å². The molecule has 1 aliphatic rings. The van der Waals surface area contributed by atoms with Crippen molar-refractivity contribution in [2.45, 2.75) is 32.0 Å². The van der Waals surface area contributed by atoms with Crippen LogP contribution in [0.1, 0.15) is 12.1 Å². The van der Waals surface area contributed by atoms with Crippen LogP contribution in [0.2, 0.25) is 0 Å². The van der Waals surface area contributed by atoms with Crippen molar-refractivity contribution >= 4 is 16.8 Å². The molecular weight excluding hydrogens is 264 g/mol. The monoisotopic (exact) mass is 286 g/mol. The van der Waals surface area contributed by atoms with Gasteiger partial charge in [-0.3, -0.25) is 4.79 Å². The number of nitrogens with one attached hydrogen (secondary N) is 2. The first kappa shape index (κ1) is 14.1. The number of fused-ring (bicyclic) bond motifs is 1. The number of amides is 1. The lowest BCUT2D eigenvalue weighted by Crippen LogP contribution is -2.41. The van der Waals surface area contributed by atoms with Crippen LogP contribution in [0.3, 0.4) is 0 Å². The number of aryl methyl sites for hydroxylation is 1. The van der Waals surface area contributed by atoms with Crippen LogP contribution in [0, 0.1) is 6.92 Å². The highest BCUT2D eigenvalue weighted by atomic mass is 16.2. The van der Waals surface area contributed by atoms with Crippen LogP contribution in [-0.4, -0.2) is 35.6 Å². The fourth-order valence-electron chi connectivity index (χ4n) is 3.02. The Morgan fingerprint density at radius 1 is 1.48 bits per heavy atom. The van der Waals surface area contributed by atoms with E-state index in [-0.39, 0.29) is 18.0 Å². The van der Waals surface area contributed by atoms with E-state index in [1.165, 1.54) is 16.6 Å². The van der Waals surface area contributed by atoms with Gasteiger partial charge in [0.25, 0.3) is 0 Å². The van der Waals surface area contributed by atoms with E-state index in [0.717, 1.165) is 19.5 Å². The number of aromatic nitrogens is 1. The summed E-state index contributed by atoms with van der Waals surface area (Å²) in [6.45, 7) is 4.23. The summed E-state index contributed by atoms with van der Waals surface area (Å²) in [4.78, 5) is 12.0. The van der Waals surface area contributed by atoms with Gasteiger partial charge in [-0.2, -0.15) is 0 Å². The van der Waals surface area contributed by atoms with Gasteiger partial charge in [0.2, 0.25) is 5.91 Å². The summed E-state index contributed by atoms with van der Waals surface area (Å²) < 4.78 is 2.24. The molecular formula is C16H22N4O. The predicted octanol–water partition coefficient (Wildman–Crippen LogP) is 0.755. The molecule has 0 radical (unpaired) electrons. The Bertz CT molecular complexity index is 649. The molecule has 1 saturated heterocycles. The highest BCUT2D eigenvalue weighted by Gasteiger charge is 2.26. The summed E-state index contributed by atoms with van der Waals surface area (Å²) in [6, 6.07) is 10.4. The number of para-hydroxylation sites is 1. The molecule has 5 nitrogen and oxygen atoms in total. The average molecular weight is 286 g/mol. The molecule has 2 atom stereocenters. The smallest absolute Gasteiger partial charge is 0.237 e. The Morgan fingerprint density at radius 3 is 3.05 bits per heavy atom. The molecule has 1 aliphatic heterocycles. The summed E-state index contributed by atoms with van der Waals surface area (Å²) in [5.41, 5.74) is 8.23. The average Bonchev–Trinajstić information content (AvgIpc) is 3.03. The standard InChI is InChI=1S/C16H22N4O/c1-11-8-12-4-2-3-5-15(12)20(11)7-6-18-16(21)14-9-13(17)10-19-14/h2-5,8,13-14,19H,6-7,9-10,17H2,1H3,(H,18,21)/t13-,14+/m1/s1. The zero-order valence-electron chi connectivity index (χ0n) is 12.3. The minimum absolute atomic E-state index is 0.0528. The van der Waals surface area contributed by atoms with Gasteiger partial charge in [0, 0.05) is 36.9 Å². The van der Waals surface area contributed by atoms with Gasteiger partial charge in [0.05, 0.1) is 6.04 Å². The van der Waals surface area contributed by atoms with E-state index in [2.05, 4.69) is 40.3 Å². The van der Waals surface area contributed by atoms with E-state index in [0.29, 0.717) is 6.54 Å². The topological polar surface area (TPSA) is 72.1 Å². The maximum absolute atomic E-state index is 12.0. The molecule has 0 saturated carbocycles. The molecule has 3 rings (SSSR count). The van der Waals surface area contributed by atoms with Crippen LogP contribution >= 0.6 is 0 Å². The maximum atomic E-state index is 12.0. The predicted molar refractivity (Wildman–Crippen MR) is 84.1 cm³/mol. The largest absolute Gasteiger partial charge is 0.353 e. The molecule has 21 heavy (non-hydrogen) atoms. The Hall–Kier alpha value is -1.85. The molecule has 0 aliphatic carbocycles. The second-order valence-corrected chi connectivity index (χ2v) is 5.74. The van der Waals surface area contributed by atoms with Crippen molar-refractivity contribution in [3.8, 4) is 0 Å². The van der Waals surface area contributed by atoms with Crippen molar-refractivity contribution in [2.75, 3.05) is 13.1 Å². The third-order valence-corrected chi connectivity index (χ3v) is 4.13. The number of nitrogens with two attached hydrogens (primary N) is 1. The van der Waals surface area contributed by atoms with Gasteiger partial charge in [-0.15, -0.1) is 0 Å². The third-order valence-electron chi connectivity index (χ3n) is 4.13. The zero-order chi connectivity index (χ0) is 14.8. The molecule has 112 valence electrons. The minimum Gasteiger partial charge on any atom is -0.353 e. The number of carbonyl (C=O) groups is 1. The van der Waals surface area contributed by atoms with E-state index < -0.39 is 0 Å². The van der Waals surface area contributed by atoms with Crippen LogP contribution in [0.5, 0.6) is 0 Å². The lowest BCUT2D eigenvalue weighted by Gasteiger charge is -2.13. The van der Waals surface area contributed by atoms with Gasteiger partial charge in [0.1, 0.15) is 0 Å². The van der Waals surface area contributed by atoms with Crippen LogP contribution < -0.4 is 16.4 Å². The maximum Gasteiger partial charge on any atom is 0.237 e. The molecule has 5 heteroatoms. The van der Waals surface area contributed by atoms with Gasteiger partial charge in [-0.05, 0) is 30.9 Å². The first-order chi connectivity index (χ1) is 10.1. The van der Waals surface area contributed by atoms with Crippen molar-refractivity contribution in [3.05, 3.63) is 36.0 Å². The van der Waals surface area contributed by atoms with Crippen molar-refractivity contribution in [3.63, 3.8) is 0 Å². The van der Waals surface area contributed by atoms with E-state index in [9.17, 15) is 4.79 Å². The summed E-state index contributed by atoms with van der Waals surface area (Å²) in [6.07, 6.45) is 0.720. The second kappa shape index (κ2) is 5.87. The Kier molecular flexibility index (Phi) is 3.94. The van der Waals surface area contributed by atoms with Gasteiger partial charge in [-0.1, -0.05) is 18.2 Å². The van der Waals surface area contributed by atoms with Gasteiger partial charge in [0.15, 0.2) is 0 Å². The van der Waals surface area contributed by atoms with Gasteiger partial charge < -0.3 is 20.9 Å². The number of carbonyl (C=O) groups excluding carboxylic acids is 1. The Morgan fingerprint density at radius 2 is 2.29 bits per heavy atom. The van der Waals surface area contributed by atoms with Crippen LogP contribution in [0.4, 0.5) is 0 Å². The molecule has 1 amide bonds. The van der Waals surface area contributed by atoms with Gasteiger partial charge in [-0.25, -0.2) is 0 Å².